The zero-order chi connectivity index (χ0) is 21.8. The molecular weight excluding hydrogens is 414 g/mol. The van der Waals surface area contributed by atoms with Gasteiger partial charge in [0.25, 0.3) is 0 Å². The predicted molar refractivity (Wildman–Crippen MR) is 123 cm³/mol. The molecule has 3 aromatic rings. The largest absolute Gasteiger partial charge is 0.353 e. The van der Waals surface area contributed by atoms with Gasteiger partial charge in [0.2, 0.25) is 0 Å². The van der Waals surface area contributed by atoms with Gasteiger partial charge >= 0.3 is 6.03 Å². The summed E-state index contributed by atoms with van der Waals surface area (Å²) in [6, 6.07) is 12.8. The highest BCUT2D eigenvalue weighted by Gasteiger charge is 2.22. The van der Waals surface area contributed by atoms with Gasteiger partial charge in [-0.3, -0.25) is 0 Å². The van der Waals surface area contributed by atoms with Crippen LogP contribution in [0.3, 0.4) is 0 Å². The number of carbonyl (C=O) groups excluding carboxylic acids is 1. The normalized spacial score (nSPS) is 13.8. The summed E-state index contributed by atoms with van der Waals surface area (Å²) in [7, 11) is 0. The molecule has 160 valence electrons. The summed E-state index contributed by atoms with van der Waals surface area (Å²) in [5, 5.41) is 6.74. The molecule has 8 nitrogen and oxygen atoms in total. The fourth-order valence-corrected chi connectivity index (χ4v) is 3.61. The van der Waals surface area contributed by atoms with Crippen molar-refractivity contribution in [1.29, 1.82) is 0 Å². The van der Waals surface area contributed by atoms with Gasteiger partial charge in [-0.05, 0) is 49.7 Å². The Morgan fingerprint density at radius 2 is 1.81 bits per heavy atom. The van der Waals surface area contributed by atoms with Gasteiger partial charge < -0.3 is 20.4 Å². The lowest BCUT2D eigenvalue weighted by molar-refractivity contribution is 0.208. The number of nitrogens with zero attached hydrogens (tertiary/aromatic N) is 5. The number of anilines is 4. The number of aromatic nitrogens is 3. The van der Waals surface area contributed by atoms with Crippen molar-refractivity contribution in [1.82, 2.24) is 19.9 Å². The van der Waals surface area contributed by atoms with E-state index in [2.05, 4.69) is 30.5 Å². The number of hydrogen-bond donors (Lipinski definition) is 2. The van der Waals surface area contributed by atoms with Gasteiger partial charge in [-0.25, -0.2) is 19.7 Å². The highest BCUT2D eigenvalue weighted by atomic mass is 35.5. The third kappa shape index (κ3) is 5.40. The van der Waals surface area contributed by atoms with Crippen LogP contribution < -0.4 is 15.5 Å². The fraction of sp³-hybridized carbons (Fsp3) is 0.273. The Hall–Kier alpha value is -3.39. The van der Waals surface area contributed by atoms with Crippen LogP contribution in [-0.4, -0.2) is 52.1 Å². The fourth-order valence-electron chi connectivity index (χ4n) is 3.42. The molecule has 1 aromatic carbocycles. The van der Waals surface area contributed by atoms with Crippen LogP contribution in [0.2, 0.25) is 5.02 Å². The topological polar surface area (TPSA) is 86.3 Å². The Morgan fingerprint density at radius 1 is 1.00 bits per heavy atom. The minimum atomic E-state index is -0.131. The van der Waals surface area contributed by atoms with Crippen molar-refractivity contribution in [2.24, 2.45) is 0 Å². The monoisotopic (exact) mass is 437 g/mol. The smallest absolute Gasteiger partial charge is 0.321 e. The van der Waals surface area contributed by atoms with Crippen molar-refractivity contribution in [2.75, 3.05) is 41.7 Å². The Morgan fingerprint density at radius 3 is 2.55 bits per heavy atom. The van der Waals surface area contributed by atoms with Gasteiger partial charge in [0.05, 0.1) is 0 Å². The standard InChI is InChI=1S/C22H24ClN7O/c1-15-6-7-24-19(12-15)28-20-14-21(26-16(2)25-20)29-8-10-30(11-9-29)22(31)27-18-5-3-4-17(23)13-18/h3-7,12-14H,8-11H2,1-2H3,(H,27,31)(H,24,25,26,28). The average Bonchev–Trinajstić information content (AvgIpc) is 2.73. The molecule has 1 fully saturated rings. The van der Waals surface area contributed by atoms with Crippen LogP contribution in [0.25, 0.3) is 0 Å². The number of amides is 2. The van der Waals surface area contributed by atoms with E-state index in [1.807, 2.05) is 44.2 Å². The van der Waals surface area contributed by atoms with Crippen LogP contribution in [0.5, 0.6) is 0 Å². The van der Waals surface area contributed by atoms with Gasteiger partial charge in [-0.1, -0.05) is 17.7 Å². The molecule has 31 heavy (non-hydrogen) atoms. The molecule has 2 amide bonds. The average molecular weight is 438 g/mol. The van der Waals surface area contributed by atoms with Crippen molar-refractivity contribution >= 4 is 40.8 Å². The highest BCUT2D eigenvalue weighted by Crippen LogP contribution is 2.21. The van der Waals surface area contributed by atoms with E-state index in [1.54, 1.807) is 23.2 Å². The molecule has 2 N–H and O–H groups in total. The maximum Gasteiger partial charge on any atom is 0.321 e. The summed E-state index contributed by atoms with van der Waals surface area (Å²) in [6.45, 7) is 6.44. The number of aryl methyl sites for hydroxylation is 2. The number of rotatable bonds is 4. The maximum atomic E-state index is 12.6. The molecule has 3 heterocycles. The maximum absolute atomic E-state index is 12.6. The number of piperazine rings is 1. The third-order valence-corrected chi connectivity index (χ3v) is 5.20. The summed E-state index contributed by atoms with van der Waals surface area (Å²) in [4.78, 5) is 29.9. The molecule has 0 unspecified atom stereocenters. The van der Waals surface area contributed by atoms with Crippen LogP contribution in [-0.2, 0) is 0 Å². The van der Waals surface area contributed by atoms with Crippen molar-refractivity contribution < 1.29 is 4.79 Å². The summed E-state index contributed by atoms with van der Waals surface area (Å²) in [5.74, 6) is 2.94. The van der Waals surface area contributed by atoms with Crippen molar-refractivity contribution in [2.45, 2.75) is 13.8 Å². The van der Waals surface area contributed by atoms with Crippen LogP contribution in [0, 0.1) is 13.8 Å². The van der Waals surface area contributed by atoms with E-state index in [0.717, 1.165) is 17.2 Å². The second kappa shape index (κ2) is 9.18. The number of halogens is 1. The third-order valence-electron chi connectivity index (χ3n) is 4.96. The lowest BCUT2D eigenvalue weighted by Gasteiger charge is -2.35. The second-order valence-corrected chi connectivity index (χ2v) is 7.85. The molecule has 1 saturated heterocycles. The van der Waals surface area contributed by atoms with Gasteiger partial charge in [-0.15, -0.1) is 0 Å². The molecule has 9 heteroatoms. The van der Waals surface area contributed by atoms with Gasteiger partial charge in [0.1, 0.15) is 23.3 Å². The molecule has 0 spiro atoms. The molecule has 1 aliphatic rings. The van der Waals surface area contributed by atoms with E-state index in [4.69, 9.17) is 11.6 Å². The van der Waals surface area contributed by atoms with Gasteiger partial charge in [0, 0.05) is 49.2 Å². The van der Waals surface area contributed by atoms with Crippen molar-refractivity contribution in [3.8, 4) is 0 Å². The molecule has 1 aliphatic heterocycles. The quantitative estimate of drug-likeness (QED) is 0.634. The molecule has 2 aromatic heterocycles. The van der Waals surface area contributed by atoms with E-state index in [0.29, 0.717) is 48.5 Å². The number of urea groups is 1. The first-order chi connectivity index (χ1) is 15.0. The van der Waals surface area contributed by atoms with Gasteiger partial charge in [-0.2, -0.15) is 0 Å². The minimum absolute atomic E-state index is 0.131. The molecule has 0 saturated carbocycles. The first kappa shape index (κ1) is 20.9. The van der Waals surface area contributed by atoms with Crippen LogP contribution in [0.15, 0.2) is 48.7 Å². The molecular formula is C22H24ClN7O. The van der Waals surface area contributed by atoms with Gasteiger partial charge in [0.15, 0.2) is 0 Å². The number of nitrogens with one attached hydrogen (secondary N) is 2. The Bertz CT molecular complexity index is 1080. The predicted octanol–water partition coefficient (Wildman–Crippen LogP) is 4.24. The summed E-state index contributed by atoms with van der Waals surface area (Å²) in [5.41, 5.74) is 1.81. The van der Waals surface area contributed by atoms with E-state index in [1.165, 1.54) is 0 Å². The zero-order valence-corrected chi connectivity index (χ0v) is 18.2. The van der Waals surface area contributed by atoms with E-state index < -0.39 is 0 Å². The SMILES string of the molecule is Cc1ccnc(Nc2cc(N3CCN(C(=O)Nc4cccc(Cl)c4)CC3)nc(C)n2)c1. The molecule has 0 bridgehead atoms. The van der Waals surface area contributed by atoms with Crippen LogP contribution >= 0.6 is 11.6 Å². The van der Waals surface area contributed by atoms with Crippen LogP contribution in [0.1, 0.15) is 11.4 Å². The second-order valence-electron chi connectivity index (χ2n) is 7.42. The Kier molecular flexibility index (Phi) is 6.18. The summed E-state index contributed by atoms with van der Waals surface area (Å²) < 4.78 is 0. The van der Waals surface area contributed by atoms with Crippen LogP contribution in [0.4, 0.5) is 27.9 Å². The van der Waals surface area contributed by atoms with Crippen molar-refractivity contribution in [3.05, 3.63) is 65.1 Å². The first-order valence-electron chi connectivity index (χ1n) is 10.1. The lowest BCUT2D eigenvalue weighted by Crippen LogP contribution is -2.50. The molecule has 4 rings (SSSR count). The summed E-state index contributed by atoms with van der Waals surface area (Å²) >= 11 is 5.99. The number of pyridine rings is 1. The zero-order valence-electron chi connectivity index (χ0n) is 17.5. The molecule has 0 radical (unpaired) electrons. The minimum Gasteiger partial charge on any atom is -0.353 e. The lowest BCUT2D eigenvalue weighted by atomic mass is 10.3. The number of benzene rings is 1. The summed E-state index contributed by atoms with van der Waals surface area (Å²) in [6.07, 6.45) is 1.76. The van der Waals surface area contributed by atoms with E-state index in [-0.39, 0.29) is 6.03 Å². The Balaban J connectivity index is 1.39. The molecule has 0 aliphatic carbocycles. The number of hydrogen-bond acceptors (Lipinski definition) is 6. The Labute approximate surface area is 186 Å². The first-order valence-corrected chi connectivity index (χ1v) is 10.5. The highest BCUT2D eigenvalue weighted by molar-refractivity contribution is 6.30. The number of carbonyl (C=O) groups is 1. The van der Waals surface area contributed by atoms with Crippen molar-refractivity contribution in [3.63, 3.8) is 0 Å². The molecule has 0 atom stereocenters. The van der Waals surface area contributed by atoms with E-state index in [9.17, 15) is 4.79 Å². The van der Waals surface area contributed by atoms with E-state index >= 15 is 0 Å².